The average molecular weight is 289 g/mol. The molecule has 0 aliphatic heterocycles. The van der Waals surface area contributed by atoms with Crippen LogP contribution in [-0.2, 0) is 22.4 Å². The van der Waals surface area contributed by atoms with Crippen molar-refractivity contribution in [3.8, 4) is 5.75 Å². The van der Waals surface area contributed by atoms with E-state index in [9.17, 15) is 14.4 Å². The fourth-order valence-electron chi connectivity index (χ4n) is 1.73. The second kappa shape index (κ2) is 6.42. The van der Waals surface area contributed by atoms with Gasteiger partial charge in [0.1, 0.15) is 17.4 Å². The van der Waals surface area contributed by atoms with Gasteiger partial charge in [0.2, 0.25) is 0 Å². The van der Waals surface area contributed by atoms with Gasteiger partial charge < -0.3 is 9.84 Å². The van der Waals surface area contributed by atoms with Crippen LogP contribution >= 0.6 is 0 Å². The number of carboxylic acid groups (broad SMARTS) is 1. The molecule has 0 bridgehead atoms. The molecule has 2 rings (SSSR count). The lowest BCUT2D eigenvalue weighted by Gasteiger charge is -2.02. The summed E-state index contributed by atoms with van der Waals surface area (Å²) < 4.78 is 4.69. The maximum Gasteiger partial charge on any atom is 0.375 e. The fourth-order valence-corrected chi connectivity index (χ4v) is 1.73. The monoisotopic (exact) mass is 289 g/mol. The minimum atomic E-state index is -1.26. The molecule has 0 spiro atoms. The highest BCUT2D eigenvalue weighted by atomic mass is 16.5. The summed E-state index contributed by atoms with van der Waals surface area (Å²) in [5, 5.41) is 14.5. The van der Waals surface area contributed by atoms with Crippen LogP contribution in [0.3, 0.4) is 0 Å². The number of aromatic carboxylic acids is 1. The van der Waals surface area contributed by atoms with Crippen molar-refractivity contribution in [1.82, 2.24) is 15.2 Å². The van der Waals surface area contributed by atoms with Gasteiger partial charge in [0, 0.05) is 6.42 Å². The summed E-state index contributed by atoms with van der Waals surface area (Å²) in [5.41, 5.74) is 0.678. The van der Waals surface area contributed by atoms with E-state index in [0.29, 0.717) is 17.8 Å². The quantitative estimate of drug-likeness (QED) is 0.707. The highest BCUT2D eigenvalue weighted by Gasteiger charge is 2.13. The van der Waals surface area contributed by atoms with Crippen molar-refractivity contribution in [3.63, 3.8) is 0 Å². The Bertz CT molecular complexity index is 680. The predicted octanol–water partition coefficient (Wildman–Crippen LogP) is 0.392. The second-order valence-electron chi connectivity index (χ2n) is 4.16. The Labute approximate surface area is 118 Å². The molecule has 0 unspecified atom stereocenters. The zero-order chi connectivity index (χ0) is 15.2. The smallest absolute Gasteiger partial charge is 0.375 e. The number of rotatable bonds is 7. The molecule has 0 atom stereocenters. The molecule has 108 valence electrons. The molecule has 8 heteroatoms. The molecule has 21 heavy (non-hydrogen) atoms. The topological polar surface area (TPSA) is 122 Å². The predicted molar refractivity (Wildman–Crippen MR) is 68.9 cm³/mol. The summed E-state index contributed by atoms with van der Waals surface area (Å²) >= 11 is 0. The van der Waals surface area contributed by atoms with E-state index in [1.165, 1.54) is 0 Å². The third-order valence-corrected chi connectivity index (χ3v) is 2.57. The number of hydrogen-bond acceptors (Lipinski definition) is 6. The highest BCUT2D eigenvalue weighted by Crippen LogP contribution is 2.13. The Balaban J connectivity index is 1.99. The van der Waals surface area contributed by atoms with E-state index in [2.05, 4.69) is 15.2 Å². The summed E-state index contributed by atoms with van der Waals surface area (Å²) in [5.74, 6) is -1.27. The molecule has 0 saturated heterocycles. The number of hydrogen-bond donors (Lipinski definition) is 2. The molecular weight excluding hydrogens is 278 g/mol. The van der Waals surface area contributed by atoms with Crippen LogP contribution < -0.4 is 4.74 Å². The van der Waals surface area contributed by atoms with E-state index in [1.54, 1.807) is 24.3 Å². The third-order valence-electron chi connectivity index (χ3n) is 2.57. The van der Waals surface area contributed by atoms with E-state index in [0.717, 1.165) is 0 Å². The standard InChI is InChI=1S/C13H11N3O5/c17-7-21-10-3-1-2-8(5-10)4-9(18)6-11-14-12(13(19)20)16-15-11/h1-3,5,7H,4,6H2,(H,19,20)(H,14,15,16). The van der Waals surface area contributed by atoms with Gasteiger partial charge in [-0.2, -0.15) is 0 Å². The van der Waals surface area contributed by atoms with Crippen molar-refractivity contribution in [3.05, 3.63) is 41.5 Å². The van der Waals surface area contributed by atoms with Crippen LogP contribution in [0.5, 0.6) is 5.75 Å². The number of ketones is 1. The van der Waals surface area contributed by atoms with Crippen LogP contribution in [0, 0.1) is 0 Å². The number of benzene rings is 1. The second-order valence-corrected chi connectivity index (χ2v) is 4.16. The molecule has 0 amide bonds. The molecule has 0 fully saturated rings. The van der Waals surface area contributed by atoms with Crippen molar-refractivity contribution >= 4 is 18.2 Å². The van der Waals surface area contributed by atoms with Crippen molar-refractivity contribution < 1.29 is 24.2 Å². The number of H-pyrrole nitrogens is 1. The van der Waals surface area contributed by atoms with E-state index < -0.39 is 5.97 Å². The Kier molecular flexibility index (Phi) is 4.39. The number of nitrogens with zero attached hydrogens (tertiary/aromatic N) is 2. The van der Waals surface area contributed by atoms with Crippen molar-refractivity contribution in [2.75, 3.05) is 0 Å². The van der Waals surface area contributed by atoms with Gasteiger partial charge in [0.05, 0.1) is 6.42 Å². The maximum absolute atomic E-state index is 11.9. The average Bonchev–Trinajstić information content (AvgIpc) is 2.88. The van der Waals surface area contributed by atoms with Crippen molar-refractivity contribution in [1.29, 1.82) is 0 Å². The Hall–Kier alpha value is -3.03. The Morgan fingerprint density at radius 2 is 2.14 bits per heavy atom. The molecule has 0 saturated carbocycles. The first-order chi connectivity index (χ1) is 10.1. The lowest BCUT2D eigenvalue weighted by molar-refractivity contribution is -0.120. The molecular formula is C13H11N3O5. The van der Waals surface area contributed by atoms with Gasteiger partial charge in [-0.3, -0.25) is 14.7 Å². The van der Waals surface area contributed by atoms with E-state index in [1.807, 2.05) is 0 Å². The first-order valence-electron chi connectivity index (χ1n) is 5.94. The largest absolute Gasteiger partial charge is 0.475 e. The van der Waals surface area contributed by atoms with Gasteiger partial charge in [-0.25, -0.2) is 9.78 Å². The maximum atomic E-state index is 11.9. The number of ether oxygens (including phenoxy) is 1. The molecule has 0 aliphatic carbocycles. The van der Waals surface area contributed by atoms with Gasteiger partial charge in [0.15, 0.2) is 0 Å². The van der Waals surface area contributed by atoms with Gasteiger partial charge in [-0.05, 0) is 17.7 Å². The van der Waals surface area contributed by atoms with Gasteiger partial charge >= 0.3 is 5.97 Å². The third kappa shape index (κ3) is 3.96. The first-order valence-corrected chi connectivity index (χ1v) is 5.94. The van der Waals surface area contributed by atoms with Gasteiger partial charge in [0.25, 0.3) is 12.3 Å². The van der Waals surface area contributed by atoms with Crippen LogP contribution in [0.1, 0.15) is 22.0 Å². The van der Waals surface area contributed by atoms with E-state index in [-0.39, 0.29) is 30.3 Å². The number of carbonyl (C=O) groups is 3. The van der Waals surface area contributed by atoms with Crippen LogP contribution in [0.15, 0.2) is 24.3 Å². The van der Waals surface area contributed by atoms with Gasteiger partial charge in [-0.15, -0.1) is 5.10 Å². The molecule has 2 N–H and O–H groups in total. The number of Topliss-reactive ketones (excluding diaryl/α,β-unsaturated/α-hetero) is 1. The molecule has 2 aromatic rings. The highest BCUT2D eigenvalue weighted by molar-refractivity contribution is 5.84. The number of carbonyl (C=O) groups excluding carboxylic acids is 2. The zero-order valence-corrected chi connectivity index (χ0v) is 10.8. The molecule has 8 nitrogen and oxygen atoms in total. The van der Waals surface area contributed by atoms with Crippen LogP contribution in [0.25, 0.3) is 0 Å². The number of nitrogens with one attached hydrogen (secondary N) is 1. The normalized spacial score (nSPS) is 10.1. The van der Waals surface area contributed by atoms with Crippen molar-refractivity contribution in [2.45, 2.75) is 12.8 Å². The molecule has 1 heterocycles. The van der Waals surface area contributed by atoms with Crippen molar-refractivity contribution in [2.24, 2.45) is 0 Å². The Morgan fingerprint density at radius 1 is 1.33 bits per heavy atom. The Morgan fingerprint density at radius 3 is 2.81 bits per heavy atom. The molecule has 0 radical (unpaired) electrons. The first kappa shape index (κ1) is 14.4. The van der Waals surface area contributed by atoms with Gasteiger partial charge in [-0.1, -0.05) is 12.1 Å². The van der Waals surface area contributed by atoms with E-state index in [4.69, 9.17) is 9.84 Å². The summed E-state index contributed by atoms with van der Waals surface area (Å²) in [6.07, 6.45) is 0.0538. The lowest BCUT2D eigenvalue weighted by Crippen LogP contribution is -2.08. The van der Waals surface area contributed by atoms with Crippen LogP contribution in [0.2, 0.25) is 0 Å². The number of aromatic amines is 1. The molecule has 1 aromatic heterocycles. The zero-order valence-electron chi connectivity index (χ0n) is 10.8. The molecule has 1 aromatic carbocycles. The number of carboxylic acids is 1. The summed E-state index contributed by atoms with van der Waals surface area (Å²) in [6.45, 7) is 0.308. The fraction of sp³-hybridized carbons (Fsp3) is 0.154. The SMILES string of the molecule is O=COc1cccc(CC(=O)Cc2nc(C(=O)O)n[nH]2)c1. The summed E-state index contributed by atoms with van der Waals surface area (Å²) in [7, 11) is 0. The molecule has 0 aliphatic rings. The summed E-state index contributed by atoms with van der Waals surface area (Å²) in [6, 6.07) is 6.56. The van der Waals surface area contributed by atoms with Crippen LogP contribution in [0.4, 0.5) is 0 Å². The van der Waals surface area contributed by atoms with Crippen LogP contribution in [-0.4, -0.2) is 38.5 Å². The van der Waals surface area contributed by atoms with E-state index >= 15 is 0 Å². The lowest BCUT2D eigenvalue weighted by atomic mass is 10.1. The number of aromatic nitrogens is 3. The summed E-state index contributed by atoms with van der Waals surface area (Å²) in [4.78, 5) is 36.4. The minimum absolute atomic E-state index is 0.0565. The minimum Gasteiger partial charge on any atom is -0.475 e.